The van der Waals surface area contributed by atoms with Gasteiger partial charge in [0.05, 0.1) is 12.8 Å². The molecule has 1 aromatic heterocycles. The molecule has 7 heteroatoms. The lowest BCUT2D eigenvalue weighted by atomic mass is 9.97. The zero-order valence-electron chi connectivity index (χ0n) is 14.3. The molecule has 0 atom stereocenters. The Morgan fingerprint density at radius 3 is 2.65 bits per heavy atom. The first-order valence-electron chi connectivity index (χ1n) is 7.89. The highest BCUT2D eigenvalue weighted by Crippen LogP contribution is 2.28. The van der Waals surface area contributed by atoms with Gasteiger partial charge in [0.1, 0.15) is 30.8 Å². The smallest absolute Gasteiger partial charge is 0.339 e. The van der Waals surface area contributed by atoms with Crippen molar-refractivity contribution in [3.8, 4) is 16.9 Å². The van der Waals surface area contributed by atoms with Crippen LogP contribution in [0.4, 0.5) is 15.9 Å². The van der Waals surface area contributed by atoms with Crippen LogP contribution in [0.3, 0.4) is 0 Å². The largest absolute Gasteiger partial charge is 0.497 e. The molecule has 5 nitrogen and oxygen atoms in total. The van der Waals surface area contributed by atoms with Crippen molar-refractivity contribution in [3.63, 3.8) is 0 Å². The van der Waals surface area contributed by atoms with Crippen LogP contribution in [0, 0.1) is 5.82 Å². The third kappa shape index (κ3) is 3.67. The van der Waals surface area contributed by atoms with E-state index >= 15 is 0 Å². The van der Waals surface area contributed by atoms with Crippen LogP contribution >= 0.6 is 0 Å². The molecule has 0 saturated heterocycles. The third-order valence-electron chi connectivity index (χ3n) is 3.88. The Labute approximate surface area is 150 Å². The number of nitrogens with zero attached hydrogens (tertiary/aromatic N) is 1. The van der Waals surface area contributed by atoms with E-state index in [9.17, 15) is 14.3 Å². The van der Waals surface area contributed by atoms with Gasteiger partial charge in [-0.3, -0.25) is 0 Å². The van der Waals surface area contributed by atoms with Crippen molar-refractivity contribution in [3.05, 3.63) is 66.1 Å². The van der Waals surface area contributed by atoms with Crippen molar-refractivity contribution in [2.45, 2.75) is 0 Å². The number of hydrogen-bond donors (Lipinski definition) is 2. The summed E-state index contributed by atoms with van der Waals surface area (Å²) in [6, 6.07) is 13.5. The molecule has 0 aliphatic carbocycles. The van der Waals surface area contributed by atoms with Crippen molar-refractivity contribution >= 4 is 30.8 Å². The average Bonchev–Trinajstić information content (AvgIpc) is 2.64. The summed E-state index contributed by atoms with van der Waals surface area (Å²) < 4.78 is 19.7. The number of carboxylic acid groups (broad SMARTS) is 1. The van der Waals surface area contributed by atoms with Crippen LogP contribution in [-0.2, 0) is 0 Å². The maximum Gasteiger partial charge on any atom is 0.339 e. The molecule has 1 heterocycles. The van der Waals surface area contributed by atoms with Crippen LogP contribution in [0.1, 0.15) is 10.4 Å². The number of nitrogens with one attached hydrogen (secondary N) is 1. The van der Waals surface area contributed by atoms with Gasteiger partial charge in [0.25, 0.3) is 0 Å². The topological polar surface area (TPSA) is 71.5 Å². The van der Waals surface area contributed by atoms with E-state index in [1.165, 1.54) is 18.3 Å². The molecule has 26 heavy (non-hydrogen) atoms. The van der Waals surface area contributed by atoms with Crippen LogP contribution in [0.15, 0.2) is 54.7 Å². The number of carbonyl (C=O) groups is 1. The molecule has 0 saturated carbocycles. The minimum atomic E-state index is -1.13. The van der Waals surface area contributed by atoms with Gasteiger partial charge in [-0.1, -0.05) is 23.7 Å². The normalized spacial score (nSPS) is 10.4. The van der Waals surface area contributed by atoms with E-state index in [2.05, 4.69) is 10.3 Å². The van der Waals surface area contributed by atoms with E-state index in [-0.39, 0.29) is 17.1 Å². The van der Waals surface area contributed by atoms with E-state index in [0.717, 1.165) is 5.56 Å². The number of rotatable bonds is 5. The summed E-state index contributed by atoms with van der Waals surface area (Å²) in [6.45, 7) is 0. The zero-order chi connectivity index (χ0) is 18.7. The van der Waals surface area contributed by atoms with E-state index in [1.54, 1.807) is 27.1 Å². The molecule has 0 aliphatic rings. The number of aromatic nitrogens is 1. The summed E-state index contributed by atoms with van der Waals surface area (Å²) in [5.41, 5.74) is 2.34. The maximum atomic E-state index is 14.5. The molecule has 0 amide bonds. The molecule has 3 rings (SSSR count). The second-order valence-corrected chi connectivity index (χ2v) is 5.77. The third-order valence-corrected chi connectivity index (χ3v) is 3.88. The summed E-state index contributed by atoms with van der Waals surface area (Å²) in [5.74, 6) is -0.864. The standard InChI is InChI=1S/C19H16BFN2O3/c1-26-14-4-2-3-11(7-14)12-5-6-17(16(21)8-12)23-18-15(19(24)25)9-13(20)10-22-18/h2-10H,20H2,1H3,(H,22,23)(H,24,25). The molecular weight excluding hydrogens is 334 g/mol. The molecule has 0 bridgehead atoms. The summed E-state index contributed by atoms with van der Waals surface area (Å²) >= 11 is 0. The fraction of sp³-hybridized carbons (Fsp3) is 0.0526. The highest BCUT2D eigenvalue weighted by molar-refractivity contribution is 6.32. The highest BCUT2D eigenvalue weighted by atomic mass is 19.1. The zero-order valence-corrected chi connectivity index (χ0v) is 14.3. The number of hydrogen-bond acceptors (Lipinski definition) is 4. The molecule has 2 N–H and O–H groups in total. The van der Waals surface area contributed by atoms with Gasteiger partial charge < -0.3 is 15.2 Å². The van der Waals surface area contributed by atoms with Crippen LogP contribution in [0.25, 0.3) is 11.1 Å². The highest BCUT2D eigenvalue weighted by Gasteiger charge is 2.14. The van der Waals surface area contributed by atoms with Crippen molar-refractivity contribution in [2.75, 3.05) is 12.4 Å². The summed E-state index contributed by atoms with van der Waals surface area (Å²) in [4.78, 5) is 15.4. The van der Waals surface area contributed by atoms with Gasteiger partial charge in [-0.25, -0.2) is 14.2 Å². The van der Waals surface area contributed by atoms with Crippen molar-refractivity contribution in [1.82, 2.24) is 4.98 Å². The lowest BCUT2D eigenvalue weighted by Crippen LogP contribution is -2.12. The van der Waals surface area contributed by atoms with Gasteiger partial charge in [-0.05, 0) is 41.5 Å². The Balaban J connectivity index is 1.93. The fourth-order valence-electron chi connectivity index (χ4n) is 2.56. The van der Waals surface area contributed by atoms with Crippen LogP contribution in [-0.4, -0.2) is 31.0 Å². The van der Waals surface area contributed by atoms with Gasteiger partial charge in [-0.2, -0.15) is 0 Å². The second kappa shape index (κ2) is 7.27. The van der Waals surface area contributed by atoms with Crippen molar-refractivity contribution < 1.29 is 19.0 Å². The fourth-order valence-corrected chi connectivity index (χ4v) is 2.56. The first-order valence-corrected chi connectivity index (χ1v) is 7.89. The summed E-state index contributed by atoms with van der Waals surface area (Å²) in [7, 11) is 3.31. The molecule has 0 spiro atoms. The molecule has 130 valence electrons. The quantitative estimate of drug-likeness (QED) is 0.692. The minimum Gasteiger partial charge on any atom is -0.497 e. The number of methoxy groups -OCH3 is 1. The van der Waals surface area contributed by atoms with E-state index in [1.807, 2.05) is 24.3 Å². The Morgan fingerprint density at radius 2 is 1.96 bits per heavy atom. The SMILES string of the molecule is Bc1cnc(Nc2ccc(-c3cccc(OC)c3)cc2F)c(C(=O)O)c1. The van der Waals surface area contributed by atoms with Crippen LogP contribution in [0.5, 0.6) is 5.75 Å². The Kier molecular flexibility index (Phi) is 4.88. The number of pyridine rings is 1. The number of anilines is 2. The van der Waals surface area contributed by atoms with Gasteiger partial charge in [0.2, 0.25) is 0 Å². The Hall–Kier alpha value is -3.35. The summed E-state index contributed by atoms with van der Waals surface area (Å²) in [6.07, 6.45) is 1.53. The van der Waals surface area contributed by atoms with Crippen LogP contribution < -0.4 is 15.5 Å². The maximum absolute atomic E-state index is 14.5. The predicted molar refractivity (Wildman–Crippen MR) is 101 cm³/mol. The lowest BCUT2D eigenvalue weighted by Gasteiger charge is -2.11. The first kappa shape index (κ1) is 17.5. The molecule has 2 aromatic carbocycles. The number of benzene rings is 2. The average molecular weight is 350 g/mol. The number of aromatic carboxylic acids is 1. The summed E-state index contributed by atoms with van der Waals surface area (Å²) in [5, 5.41) is 12.1. The van der Waals surface area contributed by atoms with Gasteiger partial charge in [0, 0.05) is 6.20 Å². The Bertz CT molecular complexity index is 979. The second-order valence-electron chi connectivity index (χ2n) is 5.77. The van der Waals surface area contributed by atoms with Gasteiger partial charge >= 0.3 is 5.97 Å². The number of halogens is 1. The van der Waals surface area contributed by atoms with Gasteiger partial charge in [-0.15, -0.1) is 0 Å². The van der Waals surface area contributed by atoms with Crippen molar-refractivity contribution in [2.24, 2.45) is 0 Å². The van der Waals surface area contributed by atoms with E-state index in [4.69, 9.17) is 4.74 Å². The molecule has 0 radical (unpaired) electrons. The van der Waals surface area contributed by atoms with Crippen LogP contribution in [0.2, 0.25) is 0 Å². The molecule has 0 unspecified atom stereocenters. The van der Waals surface area contributed by atoms with Gasteiger partial charge in [0.15, 0.2) is 0 Å². The molecular formula is C19H16BFN2O3. The lowest BCUT2D eigenvalue weighted by molar-refractivity contribution is 0.0697. The number of carboxylic acids is 1. The monoisotopic (exact) mass is 350 g/mol. The first-order chi connectivity index (χ1) is 12.5. The molecule has 0 fully saturated rings. The number of ether oxygens (including phenoxy) is 1. The molecule has 0 aliphatic heterocycles. The Morgan fingerprint density at radius 1 is 1.19 bits per heavy atom. The van der Waals surface area contributed by atoms with Crippen molar-refractivity contribution in [1.29, 1.82) is 0 Å². The van der Waals surface area contributed by atoms with E-state index in [0.29, 0.717) is 16.8 Å². The minimum absolute atomic E-state index is 0.0127. The van der Waals surface area contributed by atoms with E-state index < -0.39 is 11.8 Å². The predicted octanol–water partition coefficient (Wildman–Crippen LogP) is 2.60. The molecule has 3 aromatic rings.